The van der Waals surface area contributed by atoms with Crippen molar-refractivity contribution in [2.24, 2.45) is 0 Å². The third kappa shape index (κ3) is 9.36. The summed E-state index contributed by atoms with van der Waals surface area (Å²) in [5.41, 5.74) is -3.62. The minimum Gasteiger partial charge on any atom is -0.500 e. The number of hydrogen-bond acceptors (Lipinski definition) is 4. The number of rotatable bonds is 13. The second-order valence-corrected chi connectivity index (χ2v) is 14.6. The zero-order chi connectivity index (χ0) is 56.7. The van der Waals surface area contributed by atoms with Gasteiger partial charge in [-0.3, -0.25) is 0 Å². The first kappa shape index (κ1) is 30.2. The standard InChI is InChI=1S/C57H38F4N3O.Ir/c58-48-26-25-46-45-17-10-18-47(56(45)65-57(46)55(48)41-15-8-3-9-16-41)54-32-51(61)44(35-64-54)24-21-38-28-36(19-22-42-33-62-52(30-49(42)59)39-11-4-1-5-12-39)27-37(29-38)20-23-43-34-63-53(31-50(43)60)40-13-6-2-7-14-40;/h1-11,13,15-17,25-35H,19-24H2;/q-3;+3/i3D,8D,9D,15D,16D,19D2,20D2,21D2,24D2,26D;. The number of benzene rings is 6. The molecule has 324 valence electrons. The minimum atomic E-state index is -3.41. The molecule has 6 aromatic carbocycles. The van der Waals surface area contributed by atoms with E-state index in [1.807, 2.05) is 0 Å². The Morgan fingerprint density at radius 1 is 0.515 bits per heavy atom. The van der Waals surface area contributed by atoms with E-state index in [1.54, 1.807) is 48.5 Å². The largest absolute Gasteiger partial charge is 3.00 e. The van der Waals surface area contributed by atoms with E-state index in [9.17, 15) is 11.0 Å². The van der Waals surface area contributed by atoms with Crippen molar-refractivity contribution in [3.8, 4) is 44.9 Å². The maximum Gasteiger partial charge on any atom is 3.00 e. The van der Waals surface area contributed by atoms with Crippen molar-refractivity contribution in [2.45, 2.75) is 38.3 Å². The van der Waals surface area contributed by atoms with Gasteiger partial charge in [0.25, 0.3) is 0 Å². The van der Waals surface area contributed by atoms with Gasteiger partial charge < -0.3 is 19.4 Å². The van der Waals surface area contributed by atoms with Crippen LogP contribution in [0.4, 0.5) is 17.6 Å². The predicted octanol–water partition coefficient (Wildman–Crippen LogP) is 13.7. The van der Waals surface area contributed by atoms with Gasteiger partial charge in [0.05, 0.1) is 19.4 Å². The van der Waals surface area contributed by atoms with Gasteiger partial charge >= 0.3 is 20.1 Å². The fraction of sp³-hybridized carbons (Fsp3) is 0.105. The summed E-state index contributed by atoms with van der Waals surface area (Å²) in [4.78, 5) is 12.9. The zero-order valence-electron chi connectivity index (χ0n) is 48.1. The average Bonchev–Trinajstić information content (AvgIpc) is 3.95. The molecule has 4 heterocycles. The molecule has 0 aliphatic heterocycles. The maximum atomic E-state index is 16.8. The molecule has 66 heavy (non-hydrogen) atoms. The summed E-state index contributed by atoms with van der Waals surface area (Å²) in [5, 5.41) is 0.251. The molecule has 4 nitrogen and oxygen atoms in total. The molecule has 10 aromatic rings. The van der Waals surface area contributed by atoms with Gasteiger partial charge in [0.2, 0.25) is 0 Å². The molecule has 0 atom stereocenters. The molecular weight excluding hydrogens is 1010 g/mol. The second-order valence-electron chi connectivity index (χ2n) is 14.6. The van der Waals surface area contributed by atoms with Crippen molar-refractivity contribution >= 4 is 21.9 Å². The molecule has 0 amide bonds. The van der Waals surface area contributed by atoms with Gasteiger partial charge in [-0.05, 0) is 108 Å². The second kappa shape index (κ2) is 19.6. The van der Waals surface area contributed by atoms with Crippen molar-refractivity contribution in [1.82, 2.24) is 15.0 Å². The SMILES string of the molecule is [2H]c1cc2c(oc3c(-c4cc(F)c(C([2H])([2H])C([2H])([2H])c5cc(C([2H])([2H])Cc6cnc(-c7[c-]cccc7)cc6F)cc(C([2H])([2H])Cc6cnc(-c7[c-]cccc7)cc6F)c5)cn4)[c-]ccc32)c(-c2c([2H])c([2H])c([2H])c([2H])c2[2H])c1F.[Ir+3]. The van der Waals surface area contributed by atoms with Crippen LogP contribution in [0.1, 0.15) is 52.6 Å². The van der Waals surface area contributed by atoms with E-state index < -0.39 is 131 Å². The van der Waals surface area contributed by atoms with Gasteiger partial charge in [0.15, 0.2) is 0 Å². The Morgan fingerprint density at radius 2 is 1.06 bits per heavy atom. The average molecular weight is 1060 g/mol. The molecular formula is C57H38F4IrN3O. The Bertz CT molecular complexity index is 3930. The van der Waals surface area contributed by atoms with Crippen LogP contribution in [0.25, 0.3) is 66.8 Å². The smallest absolute Gasteiger partial charge is 0.500 e. The third-order valence-electron chi connectivity index (χ3n) is 10.4. The summed E-state index contributed by atoms with van der Waals surface area (Å²) in [7, 11) is 0. The van der Waals surface area contributed by atoms with E-state index in [4.69, 9.17) is 12.6 Å². The first-order valence-electron chi connectivity index (χ1n) is 27.0. The summed E-state index contributed by atoms with van der Waals surface area (Å²) >= 11 is 0. The van der Waals surface area contributed by atoms with Crippen LogP contribution >= 0.6 is 0 Å². The van der Waals surface area contributed by atoms with Crippen LogP contribution in [-0.4, -0.2) is 15.0 Å². The van der Waals surface area contributed by atoms with Gasteiger partial charge in [0.1, 0.15) is 28.9 Å². The number of nitrogens with zero attached hydrogens (tertiary/aromatic N) is 3. The number of hydrogen-bond donors (Lipinski definition) is 0. The minimum absolute atomic E-state index is 0. The monoisotopic (exact) mass is 1060 g/mol. The molecule has 0 spiro atoms. The summed E-state index contributed by atoms with van der Waals surface area (Å²) in [5.74, 6) is -4.32. The first-order chi connectivity index (χ1) is 37.3. The zero-order valence-corrected chi connectivity index (χ0v) is 36.5. The molecule has 0 saturated carbocycles. The molecule has 0 aliphatic carbocycles. The summed E-state index contributed by atoms with van der Waals surface area (Å²) in [6, 6.07) is 27.3. The van der Waals surface area contributed by atoms with Crippen molar-refractivity contribution in [3.63, 3.8) is 0 Å². The van der Waals surface area contributed by atoms with Crippen LogP contribution < -0.4 is 0 Å². The van der Waals surface area contributed by atoms with Crippen LogP contribution in [0.5, 0.6) is 0 Å². The molecule has 4 aromatic heterocycles. The molecule has 0 unspecified atom stereocenters. The molecule has 10 rings (SSSR count). The molecule has 0 N–H and O–H groups in total. The van der Waals surface area contributed by atoms with Crippen molar-refractivity contribution in [3.05, 3.63) is 233 Å². The van der Waals surface area contributed by atoms with Crippen LogP contribution in [0.2, 0.25) is 0 Å². The Balaban J connectivity index is 0.00000774. The Labute approximate surface area is 413 Å². The molecule has 9 heteroatoms. The van der Waals surface area contributed by atoms with E-state index in [0.29, 0.717) is 17.3 Å². The number of aryl methyl sites for hydroxylation is 6. The van der Waals surface area contributed by atoms with E-state index in [2.05, 4.69) is 33.2 Å². The molecule has 0 bridgehead atoms. The number of fused-ring (bicyclic) bond motifs is 3. The van der Waals surface area contributed by atoms with Crippen LogP contribution in [-0.2, 0) is 58.4 Å². The van der Waals surface area contributed by atoms with E-state index in [-0.39, 0.29) is 75.8 Å². The predicted molar refractivity (Wildman–Crippen MR) is 247 cm³/mol. The Hall–Kier alpha value is -7.06. The molecule has 0 saturated heterocycles. The van der Waals surface area contributed by atoms with Crippen LogP contribution in [0, 0.1) is 41.5 Å². The van der Waals surface area contributed by atoms with Crippen molar-refractivity contribution in [1.29, 1.82) is 0 Å². The molecule has 0 fully saturated rings. The Kier molecular flexibility index (Phi) is 8.96. The summed E-state index contributed by atoms with van der Waals surface area (Å²) in [6.45, 7) is 0. The number of aromatic nitrogens is 3. The van der Waals surface area contributed by atoms with Gasteiger partial charge in [-0.1, -0.05) is 59.4 Å². The third-order valence-corrected chi connectivity index (χ3v) is 10.4. The van der Waals surface area contributed by atoms with Gasteiger partial charge in [-0.2, -0.15) is 0 Å². The van der Waals surface area contributed by atoms with Crippen LogP contribution in [0.15, 0.2) is 162 Å². The van der Waals surface area contributed by atoms with Crippen LogP contribution in [0.3, 0.4) is 0 Å². The fourth-order valence-corrected chi connectivity index (χ4v) is 7.18. The Morgan fingerprint density at radius 3 is 1.64 bits per heavy atom. The summed E-state index contributed by atoms with van der Waals surface area (Å²) in [6.07, 6.45) is -10.6. The van der Waals surface area contributed by atoms with E-state index in [0.717, 1.165) is 54.9 Å². The quantitative estimate of drug-likeness (QED) is 0.0853. The fourth-order valence-electron chi connectivity index (χ4n) is 7.18. The van der Waals surface area contributed by atoms with Gasteiger partial charge in [-0.15, -0.1) is 90.0 Å². The van der Waals surface area contributed by atoms with Gasteiger partial charge in [-0.25, -0.2) is 17.6 Å². The van der Waals surface area contributed by atoms with E-state index in [1.165, 1.54) is 12.1 Å². The molecule has 0 radical (unpaired) electrons. The topological polar surface area (TPSA) is 51.8 Å². The van der Waals surface area contributed by atoms with Gasteiger partial charge in [0, 0.05) is 51.6 Å². The molecule has 0 aliphatic rings. The van der Waals surface area contributed by atoms with Crippen molar-refractivity contribution in [2.75, 3.05) is 0 Å². The number of pyridine rings is 3. The number of furan rings is 1. The van der Waals surface area contributed by atoms with Crippen molar-refractivity contribution < 1.29 is 61.3 Å². The summed E-state index contributed by atoms with van der Waals surface area (Å²) < 4.78 is 195. The van der Waals surface area contributed by atoms with E-state index >= 15 is 17.6 Å². The number of halogens is 4. The normalized spacial score (nSPS) is 15.2. The maximum absolute atomic E-state index is 16.8. The first-order valence-corrected chi connectivity index (χ1v) is 20.0.